The molecule has 0 aliphatic heterocycles. The zero-order valence-electron chi connectivity index (χ0n) is 15.7. The molecule has 0 unspecified atom stereocenters. The largest absolute Gasteiger partial charge is 0.496 e. The van der Waals surface area contributed by atoms with E-state index in [1.807, 2.05) is 26.0 Å². The third kappa shape index (κ3) is 5.70. The molecular formula is C19H20N2O7. The van der Waals surface area contributed by atoms with Gasteiger partial charge in [-0.05, 0) is 43.2 Å². The van der Waals surface area contributed by atoms with Crippen LogP contribution in [0.1, 0.15) is 11.1 Å². The van der Waals surface area contributed by atoms with Crippen molar-refractivity contribution in [2.45, 2.75) is 13.8 Å². The van der Waals surface area contributed by atoms with E-state index in [-0.39, 0.29) is 23.7 Å². The van der Waals surface area contributed by atoms with Gasteiger partial charge in [0, 0.05) is 0 Å². The van der Waals surface area contributed by atoms with E-state index in [0.29, 0.717) is 5.75 Å². The molecule has 9 nitrogen and oxygen atoms in total. The van der Waals surface area contributed by atoms with E-state index in [2.05, 4.69) is 5.32 Å². The van der Waals surface area contributed by atoms with Crippen LogP contribution in [0.4, 0.5) is 11.4 Å². The summed E-state index contributed by atoms with van der Waals surface area (Å²) in [5, 5.41) is 13.4. The second kappa shape index (κ2) is 9.36. The van der Waals surface area contributed by atoms with E-state index in [9.17, 15) is 19.7 Å². The lowest BCUT2D eigenvalue weighted by Crippen LogP contribution is -2.24. The number of amides is 1. The molecule has 0 heterocycles. The number of ether oxygens (including phenoxy) is 3. The maximum absolute atomic E-state index is 11.9. The first kappa shape index (κ1) is 20.7. The third-order valence-corrected chi connectivity index (χ3v) is 3.73. The number of nitro groups is 1. The van der Waals surface area contributed by atoms with Gasteiger partial charge in [0.05, 0.1) is 18.1 Å². The molecule has 1 amide bonds. The lowest BCUT2D eigenvalue weighted by molar-refractivity contribution is -0.384. The lowest BCUT2D eigenvalue weighted by atomic mass is 10.1. The van der Waals surface area contributed by atoms with Crippen LogP contribution in [-0.2, 0) is 14.3 Å². The summed E-state index contributed by atoms with van der Waals surface area (Å²) >= 11 is 0. The average molecular weight is 388 g/mol. The Hall–Kier alpha value is -3.62. The van der Waals surface area contributed by atoms with Crippen LogP contribution in [0.5, 0.6) is 11.5 Å². The van der Waals surface area contributed by atoms with Crippen LogP contribution in [0, 0.1) is 24.0 Å². The van der Waals surface area contributed by atoms with Crippen molar-refractivity contribution in [3.63, 3.8) is 0 Å². The van der Waals surface area contributed by atoms with Gasteiger partial charge >= 0.3 is 5.97 Å². The first-order valence-corrected chi connectivity index (χ1v) is 8.28. The summed E-state index contributed by atoms with van der Waals surface area (Å²) in [5.74, 6) is -0.622. The number of aryl methyl sites for hydroxylation is 2. The lowest BCUT2D eigenvalue weighted by Gasteiger charge is -2.10. The number of nitrogens with one attached hydrogen (secondary N) is 1. The molecule has 1 N–H and O–H groups in total. The van der Waals surface area contributed by atoms with Crippen LogP contribution < -0.4 is 14.8 Å². The minimum atomic E-state index is -0.736. The molecule has 2 aromatic rings. The van der Waals surface area contributed by atoms with Gasteiger partial charge in [-0.3, -0.25) is 14.9 Å². The van der Waals surface area contributed by atoms with E-state index >= 15 is 0 Å². The van der Waals surface area contributed by atoms with Crippen molar-refractivity contribution in [3.05, 3.63) is 57.6 Å². The Morgan fingerprint density at radius 3 is 2.54 bits per heavy atom. The van der Waals surface area contributed by atoms with Crippen LogP contribution >= 0.6 is 0 Å². The van der Waals surface area contributed by atoms with E-state index in [4.69, 9.17) is 14.2 Å². The third-order valence-electron chi connectivity index (χ3n) is 3.73. The molecule has 9 heteroatoms. The monoisotopic (exact) mass is 388 g/mol. The minimum absolute atomic E-state index is 0.0292. The Morgan fingerprint density at radius 1 is 1.11 bits per heavy atom. The fourth-order valence-corrected chi connectivity index (χ4v) is 2.27. The normalized spacial score (nSPS) is 10.1. The van der Waals surface area contributed by atoms with Crippen molar-refractivity contribution in [1.29, 1.82) is 0 Å². The minimum Gasteiger partial charge on any atom is -0.496 e. The van der Waals surface area contributed by atoms with Gasteiger partial charge in [0.2, 0.25) is 0 Å². The van der Waals surface area contributed by atoms with Crippen molar-refractivity contribution in [3.8, 4) is 11.5 Å². The van der Waals surface area contributed by atoms with Crippen LogP contribution in [0.25, 0.3) is 0 Å². The van der Waals surface area contributed by atoms with Crippen LogP contribution in [-0.4, -0.2) is 37.1 Å². The zero-order valence-corrected chi connectivity index (χ0v) is 15.7. The molecule has 2 rings (SSSR count). The molecule has 0 saturated carbocycles. The van der Waals surface area contributed by atoms with Gasteiger partial charge in [0.25, 0.3) is 11.6 Å². The number of carbonyl (C=O) groups is 2. The van der Waals surface area contributed by atoms with Crippen molar-refractivity contribution in [1.82, 2.24) is 0 Å². The zero-order chi connectivity index (χ0) is 20.7. The van der Waals surface area contributed by atoms with Gasteiger partial charge in [-0.15, -0.1) is 0 Å². The SMILES string of the molecule is COc1ccc(NC(=O)COC(=O)COc2cc(C)ccc2C)c([N+](=O)[O-])c1. The molecule has 148 valence electrons. The number of anilines is 1. The predicted molar refractivity (Wildman–Crippen MR) is 101 cm³/mol. The Bertz CT molecular complexity index is 896. The maximum Gasteiger partial charge on any atom is 0.344 e. The van der Waals surface area contributed by atoms with E-state index in [1.54, 1.807) is 6.07 Å². The van der Waals surface area contributed by atoms with E-state index < -0.39 is 23.4 Å². The van der Waals surface area contributed by atoms with Crippen molar-refractivity contribution >= 4 is 23.3 Å². The van der Waals surface area contributed by atoms with E-state index in [1.165, 1.54) is 25.3 Å². The van der Waals surface area contributed by atoms with E-state index in [0.717, 1.165) is 11.1 Å². The van der Waals surface area contributed by atoms with Crippen LogP contribution in [0.2, 0.25) is 0 Å². The van der Waals surface area contributed by atoms with Gasteiger partial charge in [-0.2, -0.15) is 0 Å². The number of hydrogen-bond donors (Lipinski definition) is 1. The number of hydrogen-bond acceptors (Lipinski definition) is 7. The molecule has 0 aliphatic rings. The number of nitro benzene ring substituents is 1. The molecule has 0 aliphatic carbocycles. The molecule has 0 radical (unpaired) electrons. The molecule has 0 spiro atoms. The predicted octanol–water partition coefficient (Wildman–Crippen LogP) is 2.78. The van der Waals surface area contributed by atoms with Gasteiger partial charge in [0.1, 0.15) is 17.2 Å². The summed E-state index contributed by atoms with van der Waals surface area (Å²) in [6.07, 6.45) is 0. The topological polar surface area (TPSA) is 117 Å². The van der Waals surface area contributed by atoms with Crippen LogP contribution in [0.15, 0.2) is 36.4 Å². The average Bonchev–Trinajstić information content (AvgIpc) is 2.67. The summed E-state index contributed by atoms with van der Waals surface area (Å²) in [6, 6.07) is 9.55. The number of carbonyl (C=O) groups excluding carboxylic acids is 2. The Balaban J connectivity index is 1.87. The summed E-state index contributed by atoms with van der Waals surface area (Å²) in [5.41, 5.74) is 1.48. The quantitative estimate of drug-likeness (QED) is 0.420. The Morgan fingerprint density at radius 2 is 1.86 bits per heavy atom. The molecular weight excluding hydrogens is 368 g/mol. The molecule has 0 atom stereocenters. The summed E-state index contributed by atoms with van der Waals surface area (Å²) in [6.45, 7) is 2.78. The maximum atomic E-state index is 11.9. The van der Waals surface area contributed by atoms with Crippen molar-refractivity contribution in [2.75, 3.05) is 25.6 Å². The summed E-state index contributed by atoms with van der Waals surface area (Å²) in [7, 11) is 1.37. The first-order valence-electron chi connectivity index (χ1n) is 8.28. The number of esters is 1. The Labute approximate surface area is 161 Å². The molecule has 28 heavy (non-hydrogen) atoms. The van der Waals surface area contributed by atoms with Gasteiger partial charge in [-0.1, -0.05) is 12.1 Å². The fourth-order valence-electron chi connectivity index (χ4n) is 2.27. The highest BCUT2D eigenvalue weighted by Gasteiger charge is 2.18. The number of nitrogens with zero attached hydrogens (tertiary/aromatic N) is 1. The number of rotatable bonds is 8. The van der Waals surface area contributed by atoms with Crippen LogP contribution in [0.3, 0.4) is 0 Å². The van der Waals surface area contributed by atoms with Gasteiger partial charge in [-0.25, -0.2) is 4.79 Å². The molecule has 2 aromatic carbocycles. The summed E-state index contributed by atoms with van der Waals surface area (Å²) < 4.78 is 15.2. The molecule has 0 fully saturated rings. The first-order chi connectivity index (χ1) is 13.3. The summed E-state index contributed by atoms with van der Waals surface area (Å²) in [4.78, 5) is 34.2. The number of methoxy groups -OCH3 is 1. The standard InChI is InChI=1S/C19H20N2O7/c1-12-4-5-13(2)17(8-12)27-11-19(23)28-10-18(22)20-15-7-6-14(26-3)9-16(15)21(24)25/h4-9H,10-11H2,1-3H3,(H,20,22). The molecule has 0 saturated heterocycles. The molecule has 0 aromatic heterocycles. The highest BCUT2D eigenvalue weighted by molar-refractivity contribution is 5.95. The Kier molecular flexibility index (Phi) is 6.91. The molecule has 0 bridgehead atoms. The number of benzene rings is 2. The fraction of sp³-hybridized carbons (Fsp3) is 0.263. The van der Waals surface area contributed by atoms with Gasteiger partial charge < -0.3 is 19.5 Å². The highest BCUT2D eigenvalue weighted by atomic mass is 16.6. The smallest absolute Gasteiger partial charge is 0.344 e. The van der Waals surface area contributed by atoms with Gasteiger partial charge in [0.15, 0.2) is 13.2 Å². The van der Waals surface area contributed by atoms with Crippen molar-refractivity contribution < 1.29 is 28.7 Å². The van der Waals surface area contributed by atoms with Crippen molar-refractivity contribution in [2.24, 2.45) is 0 Å². The highest BCUT2D eigenvalue weighted by Crippen LogP contribution is 2.28. The second-order valence-corrected chi connectivity index (χ2v) is 5.91. The second-order valence-electron chi connectivity index (χ2n) is 5.91.